The van der Waals surface area contributed by atoms with Gasteiger partial charge in [0.2, 0.25) is 0 Å². The maximum atomic E-state index is 10.8. The van der Waals surface area contributed by atoms with Crippen LogP contribution in [0.25, 0.3) is 11.4 Å². The van der Waals surface area contributed by atoms with Crippen molar-refractivity contribution in [1.82, 2.24) is 15.0 Å². The van der Waals surface area contributed by atoms with E-state index in [2.05, 4.69) is 19.9 Å². The summed E-state index contributed by atoms with van der Waals surface area (Å²) in [6.45, 7) is 2.84. The van der Waals surface area contributed by atoms with Crippen LogP contribution in [-0.2, 0) is 22.2 Å². The van der Waals surface area contributed by atoms with Crippen LogP contribution in [0.4, 0.5) is 5.82 Å². The second-order valence-corrected chi connectivity index (χ2v) is 6.16. The van der Waals surface area contributed by atoms with Gasteiger partial charge in [0.1, 0.15) is 5.82 Å². The molecule has 0 bridgehead atoms. The minimum atomic E-state index is -2.08. The van der Waals surface area contributed by atoms with Crippen molar-refractivity contribution in [3.05, 3.63) is 36.3 Å². The smallest absolute Gasteiger partial charge is 0.163 e. The molecule has 1 atom stereocenters. The molecule has 0 aromatic carbocycles. The standard InChI is InChI=1S/C15H18N4O3S/c20-23(21)9-3-13-10-14(19-5-7-22-8-6-19)18-15(17-13)12-2-1-4-16-11-12/h1-2,4,10-11H,3,5-9H2,(H,20,21)/p-1. The van der Waals surface area contributed by atoms with Gasteiger partial charge in [-0.25, -0.2) is 9.97 Å². The highest BCUT2D eigenvalue weighted by molar-refractivity contribution is 7.79. The Bertz CT molecular complexity index is 678. The van der Waals surface area contributed by atoms with Gasteiger partial charge in [-0.1, -0.05) is 11.1 Å². The molecule has 0 N–H and O–H groups in total. The van der Waals surface area contributed by atoms with Gasteiger partial charge in [0.25, 0.3) is 0 Å². The number of hydrogen-bond acceptors (Lipinski definition) is 7. The average Bonchev–Trinajstić information content (AvgIpc) is 2.61. The van der Waals surface area contributed by atoms with E-state index in [4.69, 9.17) is 4.74 Å². The first-order valence-corrected chi connectivity index (χ1v) is 8.64. The molecule has 7 nitrogen and oxygen atoms in total. The number of pyridine rings is 1. The Kier molecular flexibility index (Phi) is 5.27. The molecular weight excluding hydrogens is 316 g/mol. The molecule has 3 heterocycles. The van der Waals surface area contributed by atoms with Gasteiger partial charge in [-0.05, 0) is 12.1 Å². The molecule has 3 rings (SSSR count). The zero-order valence-corrected chi connectivity index (χ0v) is 13.4. The fourth-order valence-electron chi connectivity index (χ4n) is 2.38. The van der Waals surface area contributed by atoms with Gasteiger partial charge in [0.05, 0.1) is 13.2 Å². The van der Waals surface area contributed by atoms with Gasteiger partial charge >= 0.3 is 0 Å². The van der Waals surface area contributed by atoms with E-state index in [1.807, 2.05) is 18.2 Å². The van der Waals surface area contributed by atoms with Crippen LogP contribution in [0, 0.1) is 0 Å². The molecule has 122 valence electrons. The van der Waals surface area contributed by atoms with Crippen LogP contribution in [0.15, 0.2) is 30.6 Å². The zero-order chi connectivity index (χ0) is 16.1. The van der Waals surface area contributed by atoms with Crippen LogP contribution < -0.4 is 4.90 Å². The van der Waals surface area contributed by atoms with Crippen molar-refractivity contribution in [1.29, 1.82) is 0 Å². The highest BCUT2D eigenvalue weighted by atomic mass is 32.2. The molecule has 1 unspecified atom stereocenters. The Balaban J connectivity index is 1.94. The predicted molar refractivity (Wildman–Crippen MR) is 85.8 cm³/mol. The van der Waals surface area contributed by atoms with Crippen molar-refractivity contribution in [3.63, 3.8) is 0 Å². The van der Waals surface area contributed by atoms with E-state index in [1.54, 1.807) is 12.4 Å². The Morgan fingerprint density at radius 1 is 1.30 bits per heavy atom. The molecule has 0 spiro atoms. The lowest BCUT2D eigenvalue weighted by Crippen LogP contribution is -2.37. The van der Waals surface area contributed by atoms with E-state index < -0.39 is 11.1 Å². The zero-order valence-electron chi connectivity index (χ0n) is 12.6. The molecule has 1 aliphatic rings. The van der Waals surface area contributed by atoms with E-state index in [0.29, 0.717) is 31.2 Å². The molecule has 2 aromatic heterocycles. The largest absolute Gasteiger partial charge is 0.772 e. The Morgan fingerprint density at radius 2 is 2.13 bits per heavy atom. The summed E-state index contributed by atoms with van der Waals surface area (Å²) in [6.07, 6.45) is 3.76. The van der Waals surface area contributed by atoms with Crippen LogP contribution >= 0.6 is 0 Å². The lowest BCUT2D eigenvalue weighted by atomic mass is 10.2. The van der Waals surface area contributed by atoms with Gasteiger partial charge in [0, 0.05) is 55.0 Å². The highest BCUT2D eigenvalue weighted by Gasteiger charge is 2.15. The van der Waals surface area contributed by atoms with Crippen LogP contribution in [-0.4, -0.2) is 55.8 Å². The van der Waals surface area contributed by atoms with Crippen molar-refractivity contribution in [2.45, 2.75) is 6.42 Å². The van der Waals surface area contributed by atoms with Crippen LogP contribution in [0.3, 0.4) is 0 Å². The lowest BCUT2D eigenvalue weighted by molar-refractivity contribution is 0.122. The van der Waals surface area contributed by atoms with Crippen LogP contribution in [0.1, 0.15) is 5.69 Å². The van der Waals surface area contributed by atoms with Crippen molar-refractivity contribution >= 4 is 16.9 Å². The van der Waals surface area contributed by atoms with Gasteiger partial charge in [-0.15, -0.1) is 0 Å². The summed E-state index contributed by atoms with van der Waals surface area (Å²) in [6, 6.07) is 5.57. The number of rotatable bonds is 5. The summed E-state index contributed by atoms with van der Waals surface area (Å²) in [5.41, 5.74) is 1.52. The molecule has 0 saturated carbocycles. The first kappa shape index (κ1) is 16.0. The highest BCUT2D eigenvalue weighted by Crippen LogP contribution is 2.20. The molecule has 0 amide bonds. The number of hydrogen-bond donors (Lipinski definition) is 0. The number of anilines is 1. The molecule has 1 aliphatic heterocycles. The summed E-state index contributed by atoms with van der Waals surface area (Å²) < 4.78 is 27.0. The summed E-state index contributed by atoms with van der Waals surface area (Å²) >= 11 is -2.08. The van der Waals surface area contributed by atoms with E-state index >= 15 is 0 Å². The molecule has 23 heavy (non-hydrogen) atoms. The minimum absolute atomic E-state index is 0.0477. The van der Waals surface area contributed by atoms with Gasteiger partial charge < -0.3 is 14.2 Å². The number of aromatic nitrogens is 3. The number of ether oxygens (including phenoxy) is 1. The first-order valence-electron chi connectivity index (χ1n) is 7.39. The van der Waals surface area contributed by atoms with E-state index in [0.717, 1.165) is 24.5 Å². The third kappa shape index (κ3) is 4.31. The summed E-state index contributed by atoms with van der Waals surface area (Å²) in [5.74, 6) is 1.41. The molecule has 0 aliphatic carbocycles. The quantitative estimate of drug-likeness (QED) is 0.747. The van der Waals surface area contributed by atoms with Gasteiger partial charge in [-0.2, -0.15) is 0 Å². The molecular formula is C15H17N4O3S-. The first-order chi connectivity index (χ1) is 11.2. The molecule has 1 fully saturated rings. The predicted octanol–water partition coefficient (Wildman–Crippen LogP) is 0.797. The topological polar surface area (TPSA) is 91.3 Å². The van der Waals surface area contributed by atoms with Crippen LogP contribution in [0.5, 0.6) is 0 Å². The Hall–Kier alpha value is -1.90. The number of nitrogens with zero attached hydrogens (tertiary/aromatic N) is 4. The monoisotopic (exact) mass is 333 g/mol. The lowest BCUT2D eigenvalue weighted by Gasteiger charge is -2.28. The normalized spacial score (nSPS) is 16.3. The van der Waals surface area contributed by atoms with Crippen LogP contribution in [0.2, 0.25) is 0 Å². The summed E-state index contributed by atoms with van der Waals surface area (Å²) in [5, 5.41) is 0. The van der Waals surface area contributed by atoms with Crippen molar-refractivity contribution in [2.24, 2.45) is 0 Å². The maximum absolute atomic E-state index is 10.8. The molecule has 2 aromatic rings. The van der Waals surface area contributed by atoms with E-state index in [1.165, 1.54) is 0 Å². The SMILES string of the molecule is O=S([O-])CCc1cc(N2CCOCC2)nc(-c2cccnc2)n1. The number of aryl methyl sites for hydroxylation is 1. The molecule has 0 radical (unpaired) electrons. The summed E-state index contributed by atoms with van der Waals surface area (Å²) in [4.78, 5) is 15.3. The third-order valence-corrected chi connectivity index (χ3v) is 4.08. The second-order valence-electron chi connectivity index (χ2n) is 5.14. The fourth-order valence-corrected chi connectivity index (χ4v) is 2.75. The molecule has 1 saturated heterocycles. The van der Waals surface area contributed by atoms with E-state index in [9.17, 15) is 8.76 Å². The van der Waals surface area contributed by atoms with Gasteiger partial charge in [0.15, 0.2) is 5.82 Å². The maximum Gasteiger partial charge on any atom is 0.163 e. The molecule has 8 heteroatoms. The minimum Gasteiger partial charge on any atom is -0.772 e. The van der Waals surface area contributed by atoms with E-state index in [-0.39, 0.29) is 5.75 Å². The van der Waals surface area contributed by atoms with Gasteiger partial charge in [-0.3, -0.25) is 9.19 Å². The second kappa shape index (κ2) is 7.58. The van der Waals surface area contributed by atoms with Crippen molar-refractivity contribution in [2.75, 3.05) is 37.0 Å². The third-order valence-electron chi connectivity index (χ3n) is 3.55. The fraction of sp³-hybridized carbons (Fsp3) is 0.400. The Morgan fingerprint density at radius 3 is 2.83 bits per heavy atom. The number of morpholine rings is 1. The van der Waals surface area contributed by atoms with Crippen molar-refractivity contribution < 1.29 is 13.5 Å². The summed E-state index contributed by atoms with van der Waals surface area (Å²) in [7, 11) is 0. The Labute approximate surface area is 137 Å². The average molecular weight is 333 g/mol. The van der Waals surface area contributed by atoms with Crippen molar-refractivity contribution in [3.8, 4) is 11.4 Å².